The number of nitrogens with one attached hydrogen (secondary N) is 2. The van der Waals surface area contributed by atoms with Gasteiger partial charge in [0.25, 0.3) is 0 Å². The number of carbonyl (C=O) groups excluding carboxylic acids is 1. The van der Waals surface area contributed by atoms with Crippen LogP contribution in [-0.2, 0) is 11.2 Å². The van der Waals surface area contributed by atoms with Gasteiger partial charge in [-0.05, 0) is 51.0 Å². The molecule has 1 amide bonds. The predicted octanol–water partition coefficient (Wildman–Crippen LogP) is 2.75. The lowest BCUT2D eigenvalue weighted by molar-refractivity contribution is -0.138. The first kappa shape index (κ1) is 16.8. The van der Waals surface area contributed by atoms with E-state index in [1.54, 1.807) is 5.01 Å². The molecule has 0 unspecified atom stereocenters. The van der Waals surface area contributed by atoms with Gasteiger partial charge in [-0.3, -0.25) is 14.8 Å². The minimum atomic E-state index is 0.0910. The minimum Gasteiger partial charge on any atom is -0.359 e. The number of hydrogen-bond acceptors (Lipinski definition) is 2. The normalized spacial score (nSPS) is 14.7. The molecule has 0 saturated carbocycles. The minimum absolute atomic E-state index is 0.0910. The second-order valence-electron chi connectivity index (χ2n) is 6.55. The number of benzene rings is 1. The number of carbonyl (C=O) groups is 1. The van der Waals surface area contributed by atoms with Gasteiger partial charge in [0, 0.05) is 35.7 Å². The summed E-state index contributed by atoms with van der Waals surface area (Å²) in [6, 6.07) is 8.37. The SMILES string of the molecule is Cc1[nH]c2ccccc2c1CC(=O)N1CCCN1C(=S)NC(C)C. The molecule has 2 aromatic rings. The molecule has 1 aromatic heterocycles. The Bertz CT molecular complexity index is 767. The van der Waals surface area contributed by atoms with E-state index < -0.39 is 0 Å². The molecule has 0 aliphatic carbocycles. The molecule has 0 atom stereocenters. The van der Waals surface area contributed by atoms with E-state index in [-0.39, 0.29) is 11.9 Å². The van der Waals surface area contributed by atoms with Gasteiger partial charge in [-0.1, -0.05) is 18.2 Å². The van der Waals surface area contributed by atoms with E-state index in [1.165, 1.54) is 0 Å². The summed E-state index contributed by atoms with van der Waals surface area (Å²) in [5.74, 6) is 0.0910. The maximum absolute atomic E-state index is 12.9. The monoisotopic (exact) mass is 344 g/mol. The van der Waals surface area contributed by atoms with Crippen molar-refractivity contribution < 1.29 is 4.79 Å². The molecular formula is C18H24N4OS. The second kappa shape index (κ2) is 6.81. The van der Waals surface area contributed by atoms with E-state index in [0.29, 0.717) is 11.5 Å². The van der Waals surface area contributed by atoms with Crippen molar-refractivity contribution >= 4 is 34.1 Å². The average molecular weight is 344 g/mol. The Balaban J connectivity index is 1.78. The van der Waals surface area contributed by atoms with Crippen molar-refractivity contribution in [3.8, 4) is 0 Å². The molecule has 0 bridgehead atoms. The molecule has 3 rings (SSSR count). The number of para-hydroxylation sites is 1. The van der Waals surface area contributed by atoms with E-state index in [1.807, 2.05) is 44.0 Å². The molecule has 1 aliphatic rings. The van der Waals surface area contributed by atoms with Crippen LogP contribution in [0, 0.1) is 6.92 Å². The standard InChI is InChI=1S/C18H24N4OS/c1-12(2)19-18(24)22-10-6-9-21(22)17(23)11-15-13(3)20-16-8-5-4-7-14(15)16/h4-5,7-8,12,20H,6,9-11H2,1-3H3,(H,19,24). The summed E-state index contributed by atoms with van der Waals surface area (Å²) in [4.78, 5) is 16.3. The molecule has 1 fully saturated rings. The Hall–Kier alpha value is -2.08. The van der Waals surface area contributed by atoms with Crippen LogP contribution in [-0.4, -0.2) is 45.2 Å². The van der Waals surface area contributed by atoms with Gasteiger partial charge < -0.3 is 10.3 Å². The smallest absolute Gasteiger partial charge is 0.245 e. The fourth-order valence-corrected chi connectivity index (χ4v) is 3.63. The van der Waals surface area contributed by atoms with Crippen molar-refractivity contribution in [1.82, 2.24) is 20.3 Å². The zero-order valence-corrected chi connectivity index (χ0v) is 15.2. The highest BCUT2D eigenvalue weighted by molar-refractivity contribution is 7.80. The maximum atomic E-state index is 12.9. The second-order valence-corrected chi connectivity index (χ2v) is 6.94. The van der Waals surface area contributed by atoms with Gasteiger partial charge in [-0.25, -0.2) is 0 Å². The third kappa shape index (κ3) is 3.24. The summed E-state index contributed by atoms with van der Waals surface area (Å²) in [6.45, 7) is 7.63. The van der Waals surface area contributed by atoms with Gasteiger partial charge >= 0.3 is 0 Å². The van der Waals surface area contributed by atoms with Gasteiger partial charge in [0.1, 0.15) is 0 Å². The molecule has 1 aliphatic heterocycles. The van der Waals surface area contributed by atoms with Crippen LogP contribution in [0.5, 0.6) is 0 Å². The Labute approximate surface area is 148 Å². The fraction of sp³-hybridized carbons (Fsp3) is 0.444. The third-order valence-electron chi connectivity index (χ3n) is 4.32. The first-order chi connectivity index (χ1) is 11.5. The molecule has 2 N–H and O–H groups in total. The highest BCUT2D eigenvalue weighted by Crippen LogP contribution is 2.23. The van der Waals surface area contributed by atoms with E-state index in [0.717, 1.165) is 41.7 Å². The zero-order chi connectivity index (χ0) is 17.3. The zero-order valence-electron chi connectivity index (χ0n) is 14.4. The van der Waals surface area contributed by atoms with E-state index in [2.05, 4.69) is 16.4 Å². The first-order valence-electron chi connectivity index (χ1n) is 8.42. The van der Waals surface area contributed by atoms with Crippen LogP contribution in [0.15, 0.2) is 24.3 Å². The number of hydrogen-bond donors (Lipinski definition) is 2. The molecule has 1 aromatic carbocycles. The summed E-state index contributed by atoms with van der Waals surface area (Å²) >= 11 is 5.45. The predicted molar refractivity (Wildman–Crippen MR) is 101 cm³/mol. The fourth-order valence-electron chi connectivity index (χ4n) is 3.21. The van der Waals surface area contributed by atoms with Gasteiger partial charge in [-0.2, -0.15) is 0 Å². The molecule has 24 heavy (non-hydrogen) atoms. The van der Waals surface area contributed by atoms with Gasteiger partial charge in [0.05, 0.1) is 6.42 Å². The molecule has 0 spiro atoms. The molecular weight excluding hydrogens is 320 g/mol. The van der Waals surface area contributed by atoms with Crippen LogP contribution in [0.25, 0.3) is 10.9 Å². The lowest BCUT2D eigenvalue weighted by Crippen LogP contribution is -2.50. The first-order valence-corrected chi connectivity index (χ1v) is 8.82. The number of thiocarbonyl (C=S) groups is 1. The maximum Gasteiger partial charge on any atom is 0.245 e. The van der Waals surface area contributed by atoms with E-state index in [4.69, 9.17) is 12.2 Å². The number of nitrogens with zero attached hydrogens (tertiary/aromatic N) is 2. The number of hydrazine groups is 1. The molecule has 2 heterocycles. The lowest BCUT2D eigenvalue weighted by Gasteiger charge is -2.31. The number of amides is 1. The Morgan fingerprint density at radius 1 is 1.29 bits per heavy atom. The Kier molecular flexibility index (Phi) is 4.76. The topological polar surface area (TPSA) is 51.4 Å². The lowest BCUT2D eigenvalue weighted by atomic mass is 10.1. The number of H-pyrrole nitrogens is 1. The molecule has 128 valence electrons. The van der Waals surface area contributed by atoms with Crippen LogP contribution in [0.2, 0.25) is 0 Å². The molecule has 6 heteroatoms. The third-order valence-corrected chi connectivity index (χ3v) is 4.65. The summed E-state index contributed by atoms with van der Waals surface area (Å²) in [6.07, 6.45) is 1.33. The van der Waals surface area contributed by atoms with E-state index in [9.17, 15) is 4.79 Å². The molecule has 5 nitrogen and oxygen atoms in total. The average Bonchev–Trinajstić information content (AvgIpc) is 3.12. The van der Waals surface area contributed by atoms with Crippen molar-refractivity contribution in [2.75, 3.05) is 13.1 Å². The van der Waals surface area contributed by atoms with Gasteiger partial charge in [0.2, 0.25) is 5.91 Å². The van der Waals surface area contributed by atoms with Gasteiger partial charge in [0.15, 0.2) is 5.11 Å². The Morgan fingerprint density at radius 2 is 2.00 bits per heavy atom. The largest absolute Gasteiger partial charge is 0.359 e. The number of fused-ring (bicyclic) bond motifs is 1. The van der Waals surface area contributed by atoms with Crippen molar-refractivity contribution in [1.29, 1.82) is 0 Å². The molecule has 1 saturated heterocycles. The van der Waals surface area contributed by atoms with Crippen LogP contribution >= 0.6 is 12.2 Å². The van der Waals surface area contributed by atoms with E-state index >= 15 is 0 Å². The van der Waals surface area contributed by atoms with Crippen molar-refractivity contribution in [2.24, 2.45) is 0 Å². The van der Waals surface area contributed by atoms with Crippen LogP contribution < -0.4 is 5.32 Å². The highest BCUT2D eigenvalue weighted by atomic mass is 32.1. The van der Waals surface area contributed by atoms with Crippen molar-refractivity contribution in [3.63, 3.8) is 0 Å². The summed E-state index contributed by atoms with van der Waals surface area (Å²) in [5, 5.41) is 8.68. The van der Waals surface area contributed by atoms with Crippen LogP contribution in [0.1, 0.15) is 31.5 Å². The summed E-state index contributed by atoms with van der Waals surface area (Å²) in [5.41, 5.74) is 3.21. The number of rotatable bonds is 3. The summed E-state index contributed by atoms with van der Waals surface area (Å²) < 4.78 is 0. The number of aryl methyl sites for hydroxylation is 1. The Morgan fingerprint density at radius 3 is 2.75 bits per heavy atom. The summed E-state index contributed by atoms with van der Waals surface area (Å²) in [7, 11) is 0. The van der Waals surface area contributed by atoms with Crippen LogP contribution in [0.3, 0.4) is 0 Å². The number of aromatic amines is 1. The quantitative estimate of drug-likeness (QED) is 0.841. The number of aromatic nitrogens is 1. The highest BCUT2D eigenvalue weighted by Gasteiger charge is 2.29. The van der Waals surface area contributed by atoms with Crippen molar-refractivity contribution in [3.05, 3.63) is 35.5 Å². The van der Waals surface area contributed by atoms with Crippen molar-refractivity contribution in [2.45, 2.75) is 39.7 Å². The molecule has 0 radical (unpaired) electrons. The van der Waals surface area contributed by atoms with Gasteiger partial charge in [-0.15, -0.1) is 0 Å². The van der Waals surface area contributed by atoms with Crippen LogP contribution in [0.4, 0.5) is 0 Å².